The van der Waals surface area contributed by atoms with Gasteiger partial charge in [-0.1, -0.05) is 91.0 Å². The van der Waals surface area contributed by atoms with Crippen LogP contribution in [0.5, 0.6) is 5.75 Å². The van der Waals surface area contributed by atoms with E-state index >= 15 is 0 Å². The van der Waals surface area contributed by atoms with Crippen molar-refractivity contribution in [2.45, 2.75) is 19.6 Å². The van der Waals surface area contributed by atoms with E-state index in [0.717, 1.165) is 19.6 Å². The maximum Gasteiger partial charge on any atom is 0.514 e. The third-order valence-electron chi connectivity index (χ3n) is 6.17. The van der Waals surface area contributed by atoms with Gasteiger partial charge in [0.1, 0.15) is 38.5 Å². The molecule has 0 atom stereocenters. The Bertz CT molecular complexity index is 1170. The Labute approximate surface area is 216 Å². The van der Waals surface area contributed by atoms with Crippen molar-refractivity contribution in [1.82, 2.24) is 0 Å². The van der Waals surface area contributed by atoms with E-state index in [1.165, 1.54) is 41.0 Å². The second-order valence-electron chi connectivity index (χ2n) is 9.03. The first-order valence-electron chi connectivity index (χ1n) is 12.2. The van der Waals surface area contributed by atoms with Crippen LogP contribution in [0, 0.1) is 0 Å². The second kappa shape index (κ2) is 12.5. The van der Waals surface area contributed by atoms with E-state index in [2.05, 4.69) is 36.4 Å². The summed E-state index contributed by atoms with van der Waals surface area (Å²) < 4.78 is 11.4. The van der Waals surface area contributed by atoms with Crippen LogP contribution < -0.4 is 4.74 Å². The Balaban J connectivity index is 1.51. The van der Waals surface area contributed by atoms with Gasteiger partial charge in [0, 0.05) is 16.7 Å². The summed E-state index contributed by atoms with van der Waals surface area (Å²) in [6, 6.07) is 36.6. The minimum Gasteiger partial charge on any atom is -0.478 e. The second-order valence-corrected chi connectivity index (χ2v) is 9.03. The number of ether oxygens (including phenoxy) is 2. The van der Waals surface area contributed by atoms with Crippen LogP contribution in [0.4, 0.5) is 4.79 Å². The number of hydrogen-bond donors (Lipinski definition) is 1. The van der Waals surface area contributed by atoms with Gasteiger partial charge in [-0.15, -0.1) is 0 Å². The van der Waals surface area contributed by atoms with Gasteiger partial charge in [-0.25, -0.2) is 9.59 Å². The van der Waals surface area contributed by atoms with E-state index in [1.807, 2.05) is 54.6 Å². The molecule has 4 rings (SSSR count). The predicted molar refractivity (Wildman–Crippen MR) is 141 cm³/mol. The molecule has 0 radical (unpaired) electrons. The van der Waals surface area contributed by atoms with E-state index in [-0.39, 0.29) is 17.9 Å². The SMILES string of the molecule is O=C(OCC[N+](Cc1ccccc1)(Cc1ccccc1)Cc1ccccc1)Oc1ccc(C(=O)O)cc1. The summed E-state index contributed by atoms with van der Waals surface area (Å²) in [4.78, 5) is 23.5. The number of benzene rings is 4. The Morgan fingerprint density at radius 2 is 1.05 bits per heavy atom. The van der Waals surface area contributed by atoms with Gasteiger partial charge >= 0.3 is 12.1 Å². The zero-order valence-corrected chi connectivity index (χ0v) is 20.5. The molecule has 0 aliphatic rings. The van der Waals surface area contributed by atoms with Crippen LogP contribution in [0.2, 0.25) is 0 Å². The molecule has 0 spiro atoms. The van der Waals surface area contributed by atoms with Crippen molar-refractivity contribution >= 4 is 12.1 Å². The van der Waals surface area contributed by atoms with Gasteiger partial charge in [0.05, 0.1) is 5.56 Å². The Kier molecular flexibility index (Phi) is 8.68. The Morgan fingerprint density at radius 1 is 0.622 bits per heavy atom. The highest BCUT2D eigenvalue weighted by Gasteiger charge is 2.29. The third kappa shape index (κ3) is 7.78. The fourth-order valence-electron chi connectivity index (χ4n) is 4.43. The molecular weight excluding hydrogens is 466 g/mol. The maximum absolute atomic E-state index is 12.4. The van der Waals surface area contributed by atoms with Crippen molar-refractivity contribution in [3.8, 4) is 5.75 Å². The van der Waals surface area contributed by atoms with Crippen molar-refractivity contribution in [1.29, 1.82) is 0 Å². The standard InChI is InChI=1S/C31H29NO5/c33-30(34)28-16-18-29(19-17-28)37-31(35)36-21-20-32(22-25-10-4-1-5-11-25,23-26-12-6-2-7-13-26)24-27-14-8-3-9-15-27/h1-19H,20-24H2/p+1. The average molecular weight is 497 g/mol. The minimum atomic E-state index is -1.04. The number of rotatable bonds is 11. The van der Waals surface area contributed by atoms with Gasteiger partial charge in [0.2, 0.25) is 0 Å². The molecule has 0 aliphatic heterocycles. The quantitative estimate of drug-likeness (QED) is 0.149. The minimum absolute atomic E-state index is 0.116. The highest BCUT2D eigenvalue weighted by molar-refractivity contribution is 5.87. The summed E-state index contributed by atoms with van der Waals surface area (Å²) in [5, 5.41) is 9.03. The summed E-state index contributed by atoms with van der Waals surface area (Å²) in [5.41, 5.74) is 3.73. The number of carboxylic acids is 1. The van der Waals surface area contributed by atoms with Crippen molar-refractivity contribution in [2.24, 2.45) is 0 Å². The fourth-order valence-corrected chi connectivity index (χ4v) is 4.43. The Morgan fingerprint density at radius 3 is 1.46 bits per heavy atom. The van der Waals surface area contributed by atoms with E-state index in [0.29, 0.717) is 11.0 Å². The van der Waals surface area contributed by atoms with Gasteiger partial charge in [-0.3, -0.25) is 0 Å². The van der Waals surface area contributed by atoms with Crippen molar-refractivity contribution < 1.29 is 28.7 Å². The van der Waals surface area contributed by atoms with E-state index in [4.69, 9.17) is 14.6 Å². The van der Waals surface area contributed by atoms with Crippen molar-refractivity contribution in [3.05, 3.63) is 138 Å². The van der Waals surface area contributed by atoms with Crippen LogP contribution in [0.1, 0.15) is 27.0 Å². The van der Waals surface area contributed by atoms with Crippen LogP contribution in [0.15, 0.2) is 115 Å². The summed E-state index contributed by atoms with van der Waals surface area (Å²) in [7, 11) is 0. The van der Waals surface area contributed by atoms with Crippen LogP contribution in [-0.4, -0.2) is 34.9 Å². The van der Waals surface area contributed by atoms with Crippen molar-refractivity contribution in [2.75, 3.05) is 13.2 Å². The molecule has 0 bridgehead atoms. The molecule has 4 aromatic carbocycles. The zero-order chi connectivity index (χ0) is 25.9. The molecule has 0 amide bonds. The molecule has 0 heterocycles. The van der Waals surface area contributed by atoms with Crippen LogP contribution in [0.3, 0.4) is 0 Å². The third-order valence-corrected chi connectivity index (χ3v) is 6.17. The van der Waals surface area contributed by atoms with Gasteiger partial charge in [-0.05, 0) is 24.3 Å². The summed E-state index contributed by atoms with van der Waals surface area (Å²) in [6.07, 6.45) is -0.819. The molecule has 0 fully saturated rings. The van der Waals surface area contributed by atoms with Gasteiger partial charge in [0.25, 0.3) is 0 Å². The highest BCUT2D eigenvalue weighted by Crippen LogP contribution is 2.24. The van der Waals surface area contributed by atoms with E-state index < -0.39 is 12.1 Å². The molecule has 0 unspecified atom stereocenters. The smallest absolute Gasteiger partial charge is 0.478 e. The number of nitrogens with zero attached hydrogens (tertiary/aromatic N) is 1. The summed E-state index contributed by atoms with van der Waals surface area (Å²) in [5.74, 6) is -0.813. The topological polar surface area (TPSA) is 72.8 Å². The lowest BCUT2D eigenvalue weighted by molar-refractivity contribution is -0.966. The number of carbonyl (C=O) groups excluding carboxylic acids is 1. The van der Waals surface area contributed by atoms with Crippen LogP contribution in [0.25, 0.3) is 0 Å². The van der Waals surface area contributed by atoms with Gasteiger partial charge in [0.15, 0.2) is 0 Å². The van der Waals surface area contributed by atoms with Gasteiger partial charge in [-0.2, -0.15) is 0 Å². The largest absolute Gasteiger partial charge is 0.514 e. The predicted octanol–water partition coefficient (Wildman–Crippen LogP) is 6.32. The number of hydrogen-bond acceptors (Lipinski definition) is 4. The molecule has 0 saturated heterocycles. The highest BCUT2D eigenvalue weighted by atomic mass is 16.7. The lowest BCUT2D eigenvalue weighted by Crippen LogP contribution is -2.48. The number of carbonyl (C=O) groups is 2. The average Bonchev–Trinajstić information content (AvgIpc) is 2.91. The first kappa shape index (κ1) is 25.7. The molecule has 0 saturated carbocycles. The molecule has 188 valence electrons. The normalized spacial score (nSPS) is 11.0. The molecule has 1 N–H and O–H groups in total. The fraction of sp³-hybridized carbons (Fsp3) is 0.161. The van der Waals surface area contributed by atoms with Gasteiger partial charge < -0.3 is 19.1 Å². The molecule has 37 heavy (non-hydrogen) atoms. The molecule has 4 aromatic rings. The zero-order valence-electron chi connectivity index (χ0n) is 20.5. The van der Waals surface area contributed by atoms with Crippen LogP contribution >= 0.6 is 0 Å². The lowest BCUT2D eigenvalue weighted by Gasteiger charge is -2.39. The molecule has 6 heteroatoms. The Hall–Kier alpha value is -4.42. The molecule has 0 aliphatic carbocycles. The molecular formula is C31H30NO5+. The maximum atomic E-state index is 12.4. The molecule has 6 nitrogen and oxygen atoms in total. The monoisotopic (exact) mass is 496 g/mol. The van der Waals surface area contributed by atoms with Crippen LogP contribution in [-0.2, 0) is 24.4 Å². The summed E-state index contributed by atoms with van der Waals surface area (Å²) >= 11 is 0. The number of carboxylic acid groups (broad SMARTS) is 1. The first-order chi connectivity index (χ1) is 18.0. The van der Waals surface area contributed by atoms with Crippen molar-refractivity contribution in [3.63, 3.8) is 0 Å². The lowest BCUT2D eigenvalue weighted by atomic mass is 10.1. The first-order valence-corrected chi connectivity index (χ1v) is 12.2. The molecule has 0 aromatic heterocycles. The number of quaternary nitrogens is 1. The number of aromatic carboxylic acids is 1. The van der Waals surface area contributed by atoms with E-state index in [1.54, 1.807) is 0 Å². The van der Waals surface area contributed by atoms with E-state index in [9.17, 15) is 9.59 Å². The summed E-state index contributed by atoms with van der Waals surface area (Å²) in [6.45, 7) is 3.03.